The average molecular weight is 472 g/mol. The van der Waals surface area contributed by atoms with Crippen LogP contribution >= 0.6 is 0 Å². The molecule has 0 spiro atoms. The second-order valence-electron chi connectivity index (χ2n) is 8.25. The van der Waals surface area contributed by atoms with Gasteiger partial charge in [0.1, 0.15) is 5.84 Å². The molecule has 1 heterocycles. The fourth-order valence-electron chi connectivity index (χ4n) is 3.54. The first-order valence-electron chi connectivity index (χ1n) is 10.9. The van der Waals surface area contributed by atoms with Crippen LogP contribution in [-0.4, -0.2) is 38.8 Å². The van der Waals surface area contributed by atoms with Crippen LogP contribution in [-0.2, 0) is 24.3 Å². The zero-order chi connectivity index (χ0) is 24.2. The zero-order valence-electron chi connectivity index (χ0n) is 19.2. The van der Waals surface area contributed by atoms with Crippen molar-refractivity contribution >= 4 is 33.4 Å². The molecule has 176 valence electrons. The standard InChI is InChI=1S/C24H29N3O5S/c1-15(2)18-11-7-9-16(3)22(18)26-24(29)17(4)32-21(28)13-8-14-25-23-19-10-5-6-12-20(19)33(30,31)27-23/h5-7,9-12,15,17H,8,13-14H2,1-4H3,(H,25,27)(H,26,29). The van der Waals surface area contributed by atoms with Gasteiger partial charge in [-0.05, 0) is 49.4 Å². The topological polar surface area (TPSA) is 114 Å². The van der Waals surface area contributed by atoms with Gasteiger partial charge < -0.3 is 10.1 Å². The van der Waals surface area contributed by atoms with Crippen LogP contribution in [0.3, 0.4) is 0 Å². The molecule has 2 N–H and O–H groups in total. The average Bonchev–Trinajstić information content (AvgIpc) is 3.02. The second-order valence-corrected chi connectivity index (χ2v) is 9.90. The predicted octanol–water partition coefficient (Wildman–Crippen LogP) is 3.51. The van der Waals surface area contributed by atoms with Gasteiger partial charge in [-0.3, -0.25) is 19.3 Å². The number of hydrogen-bond donors (Lipinski definition) is 2. The molecule has 1 amide bonds. The third kappa shape index (κ3) is 5.78. The molecule has 33 heavy (non-hydrogen) atoms. The number of hydrogen-bond acceptors (Lipinski definition) is 6. The van der Waals surface area contributed by atoms with Crippen LogP contribution in [0.1, 0.15) is 56.2 Å². The highest BCUT2D eigenvalue weighted by Gasteiger charge is 2.30. The van der Waals surface area contributed by atoms with Crippen LogP contribution in [0.15, 0.2) is 52.4 Å². The fourth-order valence-corrected chi connectivity index (χ4v) is 4.79. The first-order valence-corrected chi connectivity index (χ1v) is 12.3. The van der Waals surface area contributed by atoms with E-state index in [0.29, 0.717) is 12.0 Å². The number of aliphatic imine (C=N–C) groups is 1. The SMILES string of the molecule is Cc1cccc(C(C)C)c1NC(=O)C(C)OC(=O)CCCN=C1NS(=O)(=O)c2ccccc21. The molecule has 1 aliphatic heterocycles. The molecular weight excluding hydrogens is 442 g/mol. The van der Waals surface area contributed by atoms with Crippen molar-refractivity contribution in [1.29, 1.82) is 0 Å². The van der Waals surface area contributed by atoms with Crippen LogP contribution in [0.5, 0.6) is 0 Å². The molecule has 1 atom stereocenters. The van der Waals surface area contributed by atoms with Gasteiger partial charge in [-0.25, -0.2) is 8.42 Å². The molecule has 0 saturated carbocycles. The maximum Gasteiger partial charge on any atom is 0.306 e. The van der Waals surface area contributed by atoms with Crippen LogP contribution in [0.25, 0.3) is 0 Å². The number of sulfonamides is 1. The summed E-state index contributed by atoms with van der Waals surface area (Å²) < 4.78 is 31.9. The number of rotatable bonds is 8. The summed E-state index contributed by atoms with van der Waals surface area (Å²) in [7, 11) is -3.59. The van der Waals surface area contributed by atoms with Crippen molar-refractivity contribution in [2.24, 2.45) is 4.99 Å². The van der Waals surface area contributed by atoms with E-state index in [4.69, 9.17) is 4.74 Å². The maximum absolute atomic E-state index is 12.6. The van der Waals surface area contributed by atoms with Crippen LogP contribution in [0.4, 0.5) is 5.69 Å². The molecule has 1 unspecified atom stereocenters. The first-order chi connectivity index (χ1) is 15.6. The van der Waals surface area contributed by atoms with E-state index >= 15 is 0 Å². The molecule has 0 radical (unpaired) electrons. The van der Waals surface area contributed by atoms with Gasteiger partial charge in [-0.2, -0.15) is 0 Å². The number of nitrogens with zero attached hydrogens (tertiary/aromatic N) is 1. The third-order valence-electron chi connectivity index (χ3n) is 5.32. The molecule has 9 heteroatoms. The van der Waals surface area contributed by atoms with Crippen LogP contribution in [0.2, 0.25) is 0 Å². The normalized spacial score (nSPS) is 16.2. The number of esters is 1. The van der Waals surface area contributed by atoms with Gasteiger partial charge >= 0.3 is 5.97 Å². The molecule has 0 aromatic heterocycles. The molecule has 2 aromatic carbocycles. The Morgan fingerprint density at radius 1 is 1.09 bits per heavy atom. The van der Waals surface area contributed by atoms with Crippen molar-refractivity contribution in [3.8, 4) is 0 Å². The highest BCUT2D eigenvalue weighted by molar-refractivity contribution is 7.90. The van der Waals surface area contributed by atoms with E-state index in [1.807, 2.05) is 39.0 Å². The van der Waals surface area contributed by atoms with Gasteiger partial charge in [0.15, 0.2) is 6.10 Å². The lowest BCUT2D eigenvalue weighted by Crippen LogP contribution is -2.30. The van der Waals surface area contributed by atoms with Crippen molar-refractivity contribution in [3.63, 3.8) is 0 Å². The summed E-state index contributed by atoms with van der Waals surface area (Å²) in [6, 6.07) is 12.4. The maximum atomic E-state index is 12.6. The van der Waals surface area contributed by atoms with Crippen LogP contribution < -0.4 is 10.0 Å². The Morgan fingerprint density at radius 3 is 2.55 bits per heavy atom. The summed E-state index contributed by atoms with van der Waals surface area (Å²) in [6.07, 6.45) is -0.530. The Kier molecular flexibility index (Phi) is 7.53. The number of aryl methyl sites for hydroxylation is 1. The molecular formula is C24H29N3O5S. The zero-order valence-corrected chi connectivity index (χ0v) is 20.0. The molecule has 0 fully saturated rings. The molecule has 8 nitrogen and oxygen atoms in total. The monoisotopic (exact) mass is 471 g/mol. The number of carbonyl (C=O) groups is 2. The highest BCUT2D eigenvalue weighted by Crippen LogP contribution is 2.27. The summed E-state index contributed by atoms with van der Waals surface area (Å²) in [5, 5.41) is 2.88. The summed E-state index contributed by atoms with van der Waals surface area (Å²) in [5.41, 5.74) is 3.22. The van der Waals surface area contributed by atoms with Crippen molar-refractivity contribution in [1.82, 2.24) is 4.72 Å². The minimum absolute atomic E-state index is 0.0599. The Bertz CT molecular complexity index is 1190. The first kappa shape index (κ1) is 24.4. The molecule has 0 bridgehead atoms. The van der Waals surface area contributed by atoms with E-state index < -0.39 is 28.0 Å². The molecule has 0 aliphatic carbocycles. The molecule has 0 saturated heterocycles. The number of amidine groups is 1. The number of para-hydroxylation sites is 1. The van der Waals surface area contributed by atoms with E-state index in [9.17, 15) is 18.0 Å². The predicted molar refractivity (Wildman–Crippen MR) is 127 cm³/mol. The lowest BCUT2D eigenvalue weighted by atomic mass is 9.98. The van der Waals surface area contributed by atoms with Gasteiger partial charge in [0, 0.05) is 24.2 Å². The number of nitrogens with one attached hydrogen (secondary N) is 2. The van der Waals surface area contributed by atoms with Crippen molar-refractivity contribution in [3.05, 3.63) is 59.2 Å². The van der Waals surface area contributed by atoms with Gasteiger partial charge in [0.2, 0.25) is 0 Å². The summed E-state index contributed by atoms with van der Waals surface area (Å²) in [6.45, 7) is 7.79. The summed E-state index contributed by atoms with van der Waals surface area (Å²) >= 11 is 0. The quantitative estimate of drug-likeness (QED) is 0.452. The van der Waals surface area contributed by atoms with E-state index in [0.717, 1.165) is 16.8 Å². The molecule has 2 aromatic rings. The summed E-state index contributed by atoms with van der Waals surface area (Å²) in [4.78, 5) is 29.2. The minimum atomic E-state index is -3.59. The Balaban J connectivity index is 1.51. The third-order valence-corrected chi connectivity index (χ3v) is 6.72. The number of fused-ring (bicyclic) bond motifs is 1. The van der Waals surface area contributed by atoms with Crippen molar-refractivity contribution in [2.75, 3.05) is 11.9 Å². The molecule has 3 rings (SSSR count). The van der Waals surface area contributed by atoms with E-state index in [2.05, 4.69) is 15.0 Å². The number of ether oxygens (including phenoxy) is 1. The van der Waals surface area contributed by atoms with Crippen LogP contribution in [0, 0.1) is 6.92 Å². The Morgan fingerprint density at radius 2 is 1.82 bits per heavy atom. The summed E-state index contributed by atoms with van der Waals surface area (Å²) in [5.74, 6) is -0.405. The van der Waals surface area contributed by atoms with E-state index in [1.165, 1.54) is 13.0 Å². The van der Waals surface area contributed by atoms with Gasteiger partial charge in [0.05, 0.1) is 4.90 Å². The second kappa shape index (κ2) is 10.2. The number of amides is 1. The Labute approximate surface area is 194 Å². The number of anilines is 1. The van der Waals surface area contributed by atoms with Crippen molar-refractivity contribution < 1.29 is 22.7 Å². The molecule has 1 aliphatic rings. The van der Waals surface area contributed by atoms with Crippen molar-refractivity contribution in [2.45, 2.75) is 57.5 Å². The van der Waals surface area contributed by atoms with Gasteiger partial charge in [0.25, 0.3) is 15.9 Å². The minimum Gasteiger partial charge on any atom is -0.453 e. The van der Waals surface area contributed by atoms with Gasteiger partial charge in [-0.15, -0.1) is 0 Å². The Hall–Kier alpha value is -3.20. The number of carbonyl (C=O) groups excluding carboxylic acids is 2. The fraction of sp³-hybridized carbons (Fsp3) is 0.375. The number of benzene rings is 2. The lowest BCUT2D eigenvalue weighted by molar-refractivity contribution is -0.153. The van der Waals surface area contributed by atoms with Gasteiger partial charge in [-0.1, -0.05) is 44.2 Å². The van der Waals surface area contributed by atoms with E-state index in [1.54, 1.807) is 18.2 Å². The highest BCUT2D eigenvalue weighted by atomic mass is 32.2. The van der Waals surface area contributed by atoms with E-state index in [-0.39, 0.29) is 29.6 Å². The lowest BCUT2D eigenvalue weighted by Gasteiger charge is -2.19. The smallest absolute Gasteiger partial charge is 0.306 e. The largest absolute Gasteiger partial charge is 0.453 e.